The zero-order valence-corrected chi connectivity index (χ0v) is 11.6. The molecule has 0 unspecified atom stereocenters. The van der Waals surface area contributed by atoms with Crippen molar-refractivity contribution in [1.82, 2.24) is 10.2 Å². The number of nitrogens with one attached hydrogen (secondary N) is 1. The lowest BCUT2D eigenvalue weighted by molar-refractivity contribution is 0.0937. The van der Waals surface area contributed by atoms with Gasteiger partial charge in [0.15, 0.2) is 0 Å². The number of hydrogen-bond donors (Lipinski definition) is 2. The fraction of sp³-hybridized carbons (Fsp3) is 0.533. The zero-order valence-electron chi connectivity index (χ0n) is 11.6. The van der Waals surface area contributed by atoms with Crippen molar-refractivity contribution in [2.75, 3.05) is 31.9 Å². The minimum Gasteiger partial charge on any atom is -0.399 e. The van der Waals surface area contributed by atoms with Crippen LogP contribution in [-0.2, 0) is 0 Å². The molecular formula is C15H23N3O. The van der Waals surface area contributed by atoms with E-state index >= 15 is 0 Å². The van der Waals surface area contributed by atoms with E-state index in [2.05, 4.69) is 17.1 Å². The molecule has 1 heterocycles. The van der Waals surface area contributed by atoms with Gasteiger partial charge in [-0.1, -0.05) is 13.0 Å². The average Bonchev–Trinajstić information content (AvgIpc) is 2.45. The maximum Gasteiger partial charge on any atom is 0.251 e. The highest BCUT2D eigenvalue weighted by molar-refractivity contribution is 5.94. The first-order chi connectivity index (χ1) is 9.19. The lowest BCUT2D eigenvalue weighted by Crippen LogP contribution is -2.38. The fourth-order valence-electron chi connectivity index (χ4n) is 2.53. The van der Waals surface area contributed by atoms with Gasteiger partial charge in [0.25, 0.3) is 5.91 Å². The van der Waals surface area contributed by atoms with E-state index in [0.717, 1.165) is 26.2 Å². The number of nitrogens with two attached hydrogens (primary N) is 1. The molecule has 1 aliphatic heterocycles. The van der Waals surface area contributed by atoms with Crippen LogP contribution in [0.5, 0.6) is 0 Å². The number of rotatable bonds is 4. The lowest BCUT2D eigenvalue weighted by atomic mass is 9.97. The Balaban J connectivity index is 1.78. The van der Waals surface area contributed by atoms with Crippen molar-refractivity contribution in [2.45, 2.75) is 19.8 Å². The number of carbonyl (C=O) groups excluding carboxylic acids is 1. The molecule has 0 spiro atoms. The second-order valence-corrected chi connectivity index (χ2v) is 5.21. The fourth-order valence-corrected chi connectivity index (χ4v) is 2.53. The summed E-state index contributed by atoms with van der Waals surface area (Å²) in [6, 6.07) is 7.11. The molecule has 2 rings (SSSR count). The van der Waals surface area contributed by atoms with Crippen LogP contribution in [0.2, 0.25) is 0 Å². The Morgan fingerprint density at radius 2 is 2.16 bits per heavy atom. The molecule has 1 saturated heterocycles. The molecule has 4 nitrogen and oxygen atoms in total. The highest BCUT2D eigenvalue weighted by Gasteiger charge is 2.18. The summed E-state index contributed by atoms with van der Waals surface area (Å²) in [5.41, 5.74) is 6.95. The van der Waals surface area contributed by atoms with Crippen LogP contribution in [0.15, 0.2) is 24.3 Å². The van der Waals surface area contributed by atoms with E-state index in [9.17, 15) is 4.79 Å². The van der Waals surface area contributed by atoms with Gasteiger partial charge in [0.1, 0.15) is 0 Å². The van der Waals surface area contributed by atoms with Crippen molar-refractivity contribution in [3.63, 3.8) is 0 Å². The molecule has 19 heavy (non-hydrogen) atoms. The van der Waals surface area contributed by atoms with Crippen LogP contribution in [0.1, 0.15) is 30.1 Å². The number of hydrogen-bond acceptors (Lipinski definition) is 3. The molecule has 0 atom stereocenters. The van der Waals surface area contributed by atoms with Crippen molar-refractivity contribution < 1.29 is 4.79 Å². The van der Waals surface area contributed by atoms with Crippen LogP contribution in [0.4, 0.5) is 5.69 Å². The van der Waals surface area contributed by atoms with Gasteiger partial charge in [0, 0.05) is 17.8 Å². The van der Waals surface area contributed by atoms with Gasteiger partial charge in [-0.25, -0.2) is 0 Å². The summed E-state index contributed by atoms with van der Waals surface area (Å²) in [4.78, 5) is 14.4. The van der Waals surface area contributed by atoms with E-state index < -0.39 is 0 Å². The van der Waals surface area contributed by atoms with Crippen molar-refractivity contribution in [2.24, 2.45) is 5.92 Å². The molecule has 104 valence electrons. The van der Waals surface area contributed by atoms with E-state index in [1.54, 1.807) is 18.2 Å². The second-order valence-electron chi connectivity index (χ2n) is 5.21. The van der Waals surface area contributed by atoms with Gasteiger partial charge in [-0.2, -0.15) is 0 Å². The van der Waals surface area contributed by atoms with E-state index in [1.165, 1.54) is 12.8 Å². The molecule has 1 amide bonds. The number of nitrogens with zero attached hydrogens (tertiary/aromatic N) is 1. The molecule has 4 heteroatoms. The molecule has 1 aromatic rings. The molecule has 0 radical (unpaired) electrons. The first-order valence-corrected chi connectivity index (χ1v) is 7.05. The molecular weight excluding hydrogens is 238 g/mol. The largest absolute Gasteiger partial charge is 0.399 e. The Labute approximate surface area is 115 Å². The summed E-state index contributed by atoms with van der Waals surface area (Å²) in [5.74, 6) is 0.582. The maximum atomic E-state index is 12.0. The number of anilines is 1. The van der Waals surface area contributed by atoms with Gasteiger partial charge >= 0.3 is 0 Å². The third-order valence-corrected chi connectivity index (χ3v) is 3.85. The molecule has 0 aliphatic carbocycles. The van der Waals surface area contributed by atoms with Crippen LogP contribution in [0.3, 0.4) is 0 Å². The summed E-state index contributed by atoms with van der Waals surface area (Å²) in [6.45, 7) is 6.39. The van der Waals surface area contributed by atoms with E-state index in [4.69, 9.17) is 5.73 Å². The number of carbonyl (C=O) groups is 1. The highest BCUT2D eigenvalue weighted by atomic mass is 16.1. The standard InChI is InChI=1S/C15H23N3O/c1-2-18-8-6-12(7-9-18)11-17-15(19)13-4-3-5-14(16)10-13/h3-5,10,12H,2,6-9,11,16H2,1H3,(H,17,19). The minimum absolute atomic E-state index is 0.0229. The van der Waals surface area contributed by atoms with E-state index in [0.29, 0.717) is 17.2 Å². The number of piperidine rings is 1. The van der Waals surface area contributed by atoms with Crippen LogP contribution in [0, 0.1) is 5.92 Å². The Kier molecular flexibility index (Phi) is 4.80. The number of likely N-dealkylation sites (tertiary alicyclic amines) is 1. The topological polar surface area (TPSA) is 58.4 Å². The highest BCUT2D eigenvalue weighted by Crippen LogP contribution is 2.16. The Morgan fingerprint density at radius 3 is 2.79 bits per heavy atom. The third-order valence-electron chi connectivity index (χ3n) is 3.85. The first kappa shape index (κ1) is 13.9. The minimum atomic E-state index is -0.0229. The number of nitrogen functional groups attached to an aromatic ring is 1. The second kappa shape index (κ2) is 6.57. The summed E-state index contributed by atoms with van der Waals surface area (Å²) in [6.07, 6.45) is 2.34. The Hall–Kier alpha value is -1.55. The quantitative estimate of drug-likeness (QED) is 0.812. The molecule has 3 N–H and O–H groups in total. The summed E-state index contributed by atoms with van der Waals surface area (Å²) < 4.78 is 0. The van der Waals surface area contributed by atoms with Gasteiger partial charge < -0.3 is 16.0 Å². The summed E-state index contributed by atoms with van der Waals surface area (Å²) in [7, 11) is 0. The third kappa shape index (κ3) is 3.96. The van der Waals surface area contributed by atoms with Gasteiger partial charge in [-0.15, -0.1) is 0 Å². The normalized spacial score (nSPS) is 17.3. The molecule has 0 saturated carbocycles. The molecule has 1 aromatic carbocycles. The van der Waals surface area contributed by atoms with Gasteiger partial charge in [-0.3, -0.25) is 4.79 Å². The number of amides is 1. The van der Waals surface area contributed by atoms with Crippen molar-refractivity contribution in [3.8, 4) is 0 Å². The van der Waals surface area contributed by atoms with Crippen LogP contribution < -0.4 is 11.1 Å². The van der Waals surface area contributed by atoms with Crippen LogP contribution in [0.25, 0.3) is 0 Å². The Bertz CT molecular complexity index is 425. The van der Waals surface area contributed by atoms with Crippen LogP contribution in [-0.4, -0.2) is 37.0 Å². The van der Waals surface area contributed by atoms with E-state index in [-0.39, 0.29) is 5.91 Å². The lowest BCUT2D eigenvalue weighted by Gasteiger charge is -2.31. The Morgan fingerprint density at radius 1 is 1.42 bits per heavy atom. The summed E-state index contributed by atoms with van der Waals surface area (Å²) in [5, 5.41) is 3.02. The maximum absolute atomic E-state index is 12.0. The van der Waals surface area contributed by atoms with Gasteiger partial charge in [-0.05, 0) is 56.6 Å². The zero-order chi connectivity index (χ0) is 13.7. The first-order valence-electron chi connectivity index (χ1n) is 7.05. The van der Waals surface area contributed by atoms with Crippen molar-refractivity contribution >= 4 is 11.6 Å². The van der Waals surface area contributed by atoms with E-state index in [1.807, 2.05) is 6.07 Å². The number of benzene rings is 1. The SMILES string of the molecule is CCN1CCC(CNC(=O)c2cccc(N)c2)CC1. The van der Waals surface area contributed by atoms with Crippen LogP contribution >= 0.6 is 0 Å². The molecule has 0 bridgehead atoms. The molecule has 0 aromatic heterocycles. The predicted octanol–water partition coefficient (Wildman–Crippen LogP) is 1.73. The molecule has 1 aliphatic rings. The van der Waals surface area contributed by atoms with Crippen molar-refractivity contribution in [1.29, 1.82) is 0 Å². The monoisotopic (exact) mass is 261 g/mol. The van der Waals surface area contributed by atoms with Gasteiger partial charge in [0.05, 0.1) is 0 Å². The predicted molar refractivity (Wildman–Crippen MR) is 78.0 cm³/mol. The average molecular weight is 261 g/mol. The van der Waals surface area contributed by atoms with Gasteiger partial charge in [0.2, 0.25) is 0 Å². The van der Waals surface area contributed by atoms with Crippen molar-refractivity contribution in [3.05, 3.63) is 29.8 Å². The molecule has 1 fully saturated rings. The summed E-state index contributed by atoms with van der Waals surface area (Å²) >= 11 is 0. The smallest absolute Gasteiger partial charge is 0.251 e.